The highest BCUT2D eigenvalue weighted by atomic mass is 35.5. The van der Waals surface area contributed by atoms with E-state index in [9.17, 15) is 4.79 Å². The minimum absolute atomic E-state index is 0.201. The lowest BCUT2D eigenvalue weighted by Crippen LogP contribution is -2.30. The number of carbonyl (C=O) groups excluding carboxylic acids is 1. The van der Waals surface area contributed by atoms with Gasteiger partial charge in [-0.05, 0) is 24.5 Å². The van der Waals surface area contributed by atoms with Crippen molar-refractivity contribution in [1.29, 1.82) is 0 Å². The number of hydrazine groups is 1. The number of aromatic nitrogens is 1. The van der Waals surface area contributed by atoms with E-state index in [-0.39, 0.29) is 11.6 Å². The van der Waals surface area contributed by atoms with Gasteiger partial charge in [0, 0.05) is 6.54 Å². The molecule has 0 aromatic carbocycles. The van der Waals surface area contributed by atoms with Crippen LogP contribution in [-0.4, -0.2) is 17.4 Å². The highest BCUT2D eigenvalue weighted by Gasteiger charge is 2.14. The largest absolute Gasteiger partial charge is 0.350 e. The Morgan fingerprint density at radius 1 is 1.45 bits per heavy atom. The molecule has 1 atom stereocenters. The number of anilines is 1. The monoisotopic (exact) mass is 298 g/mol. The molecule has 4 N–H and O–H groups in total. The van der Waals surface area contributed by atoms with E-state index < -0.39 is 0 Å². The summed E-state index contributed by atoms with van der Waals surface area (Å²) in [6.07, 6.45) is 4.52. The van der Waals surface area contributed by atoms with E-state index in [0.717, 1.165) is 12.8 Å². The fraction of sp³-hybridized carbons (Fsp3) is 0.571. The molecule has 1 unspecified atom stereocenters. The number of nitrogens with two attached hydrogens (primary N) is 1. The number of nitrogens with one attached hydrogen (secondary N) is 2. The smallest absolute Gasteiger partial charge is 0.271 e. The average Bonchev–Trinajstić information content (AvgIpc) is 2.47. The second kappa shape index (κ2) is 8.76. The molecule has 0 aliphatic rings. The standard InChI is InChI=1S/C14H23ClN4O/c1-3-5-6-10(4-2)9-17-14(20)13-11(15)7-8-12(18-13)19-16/h7-8,10H,3-6,9,16H2,1-2H3,(H,17,20)(H,18,19). The van der Waals surface area contributed by atoms with Gasteiger partial charge < -0.3 is 10.7 Å². The number of rotatable bonds is 8. The third kappa shape index (κ3) is 4.98. The van der Waals surface area contributed by atoms with Gasteiger partial charge in [0.15, 0.2) is 0 Å². The average molecular weight is 299 g/mol. The summed E-state index contributed by atoms with van der Waals surface area (Å²) in [5, 5.41) is 3.22. The third-order valence-electron chi connectivity index (χ3n) is 3.30. The molecule has 1 rings (SSSR count). The molecule has 0 bridgehead atoms. The number of amides is 1. The van der Waals surface area contributed by atoms with Gasteiger partial charge in [-0.15, -0.1) is 0 Å². The van der Waals surface area contributed by atoms with Gasteiger partial charge in [0.2, 0.25) is 0 Å². The molecule has 5 nitrogen and oxygen atoms in total. The van der Waals surface area contributed by atoms with Gasteiger partial charge in [-0.3, -0.25) is 4.79 Å². The predicted molar refractivity (Wildman–Crippen MR) is 82.7 cm³/mol. The predicted octanol–water partition coefficient (Wildman–Crippen LogP) is 2.97. The maximum atomic E-state index is 12.1. The molecule has 1 amide bonds. The molecule has 0 aliphatic heterocycles. The van der Waals surface area contributed by atoms with Crippen molar-refractivity contribution in [3.8, 4) is 0 Å². The van der Waals surface area contributed by atoms with Crippen LogP contribution < -0.4 is 16.6 Å². The molecule has 0 saturated carbocycles. The molecule has 112 valence electrons. The Labute approximate surface area is 125 Å². The first-order valence-electron chi connectivity index (χ1n) is 7.03. The highest BCUT2D eigenvalue weighted by molar-refractivity contribution is 6.33. The number of hydrogen-bond donors (Lipinski definition) is 3. The number of nitrogen functional groups attached to an aromatic ring is 1. The fourth-order valence-electron chi connectivity index (χ4n) is 1.95. The maximum Gasteiger partial charge on any atom is 0.271 e. The third-order valence-corrected chi connectivity index (χ3v) is 3.61. The van der Waals surface area contributed by atoms with E-state index in [2.05, 4.69) is 29.6 Å². The van der Waals surface area contributed by atoms with E-state index in [1.54, 1.807) is 12.1 Å². The van der Waals surface area contributed by atoms with Gasteiger partial charge in [-0.2, -0.15) is 0 Å². The van der Waals surface area contributed by atoms with Crippen molar-refractivity contribution >= 4 is 23.3 Å². The number of hydrogen-bond acceptors (Lipinski definition) is 4. The van der Waals surface area contributed by atoms with Gasteiger partial charge in [-0.25, -0.2) is 10.8 Å². The lowest BCUT2D eigenvalue weighted by atomic mass is 9.99. The summed E-state index contributed by atoms with van der Waals surface area (Å²) in [4.78, 5) is 16.2. The molecule has 6 heteroatoms. The van der Waals surface area contributed by atoms with Crippen LogP contribution in [0.3, 0.4) is 0 Å². The van der Waals surface area contributed by atoms with Crippen molar-refractivity contribution in [3.63, 3.8) is 0 Å². The van der Waals surface area contributed by atoms with E-state index in [4.69, 9.17) is 17.4 Å². The summed E-state index contributed by atoms with van der Waals surface area (Å²) in [7, 11) is 0. The molecule has 1 aromatic rings. The lowest BCUT2D eigenvalue weighted by molar-refractivity contribution is 0.0941. The fourth-order valence-corrected chi connectivity index (χ4v) is 2.14. The summed E-state index contributed by atoms with van der Waals surface area (Å²) in [5.41, 5.74) is 2.60. The molecule has 0 fully saturated rings. The molecule has 0 aliphatic carbocycles. The van der Waals surface area contributed by atoms with Crippen LogP contribution in [0, 0.1) is 5.92 Å². The highest BCUT2D eigenvalue weighted by Crippen LogP contribution is 2.17. The Hall–Kier alpha value is -1.33. The summed E-state index contributed by atoms with van der Waals surface area (Å²) in [5.74, 6) is 5.93. The molecular weight excluding hydrogens is 276 g/mol. The van der Waals surface area contributed by atoms with Crippen LogP contribution in [0.4, 0.5) is 5.82 Å². The van der Waals surface area contributed by atoms with Gasteiger partial charge in [0.1, 0.15) is 11.5 Å². The van der Waals surface area contributed by atoms with Crippen molar-refractivity contribution in [2.45, 2.75) is 39.5 Å². The van der Waals surface area contributed by atoms with Crippen molar-refractivity contribution in [3.05, 3.63) is 22.8 Å². The molecular formula is C14H23ClN4O. The van der Waals surface area contributed by atoms with Crippen LogP contribution in [0.2, 0.25) is 5.02 Å². The van der Waals surface area contributed by atoms with Crippen molar-refractivity contribution in [2.24, 2.45) is 11.8 Å². The first kappa shape index (κ1) is 16.7. The molecule has 1 heterocycles. The van der Waals surface area contributed by atoms with Gasteiger partial charge in [0.05, 0.1) is 5.02 Å². The van der Waals surface area contributed by atoms with E-state index >= 15 is 0 Å². The molecule has 20 heavy (non-hydrogen) atoms. The van der Waals surface area contributed by atoms with Gasteiger partial charge in [-0.1, -0.05) is 44.7 Å². The second-order valence-electron chi connectivity index (χ2n) is 4.80. The van der Waals surface area contributed by atoms with Crippen LogP contribution in [0.15, 0.2) is 12.1 Å². The Morgan fingerprint density at radius 2 is 2.20 bits per heavy atom. The number of carbonyl (C=O) groups is 1. The minimum Gasteiger partial charge on any atom is -0.350 e. The zero-order chi connectivity index (χ0) is 15.0. The quantitative estimate of drug-likeness (QED) is 0.509. The van der Waals surface area contributed by atoms with Crippen molar-refractivity contribution < 1.29 is 4.79 Å². The number of unbranched alkanes of at least 4 members (excludes halogenated alkanes) is 1. The first-order chi connectivity index (χ1) is 9.62. The molecule has 0 spiro atoms. The minimum atomic E-state index is -0.262. The SMILES string of the molecule is CCCCC(CC)CNC(=O)c1nc(NN)ccc1Cl. The van der Waals surface area contributed by atoms with Crippen LogP contribution in [0.1, 0.15) is 50.0 Å². The van der Waals surface area contributed by atoms with Crippen LogP contribution >= 0.6 is 11.6 Å². The molecule has 0 saturated heterocycles. The second-order valence-corrected chi connectivity index (χ2v) is 5.20. The Morgan fingerprint density at radius 3 is 2.80 bits per heavy atom. The molecule has 0 radical (unpaired) electrons. The number of pyridine rings is 1. The summed E-state index contributed by atoms with van der Waals surface area (Å²) in [6, 6.07) is 3.22. The first-order valence-corrected chi connectivity index (χ1v) is 7.41. The Bertz CT molecular complexity index is 439. The topological polar surface area (TPSA) is 80.0 Å². The summed E-state index contributed by atoms with van der Waals surface area (Å²) >= 11 is 5.99. The maximum absolute atomic E-state index is 12.1. The van der Waals surface area contributed by atoms with Crippen molar-refractivity contribution in [1.82, 2.24) is 10.3 Å². The van der Waals surface area contributed by atoms with Gasteiger partial charge in [0.25, 0.3) is 5.91 Å². The van der Waals surface area contributed by atoms with E-state index in [0.29, 0.717) is 23.3 Å². The molecule has 1 aromatic heterocycles. The summed E-state index contributed by atoms with van der Waals surface area (Å²) < 4.78 is 0. The Balaban J connectivity index is 2.61. The Kier molecular flexibility index (Phi) is 7.33. The normalized spacial score (nSPS) is 12.0. The number of nitrogens with zero attached hydrogens (tertiary/aromatic N) is 1. The van der Waals surface area contributed by atoms with Crippen LogP contribution in [0.25, 0.3) is 0 Å². The zero-order valence-electron chi connectivity index (χ0n) is 12.1. The number of halogens is 1. The summed E-state index contributed by atoms with van der Waals surface area (Å²) in [6.45, 7) is 4.95. The van der Waals surface area contributed by atoms with Crippen molar-refractivity contribution in [2.75, 3.05) is 12.0 Å². The lowest BCUT2D eigenvalue weighted by Gasteiger charge is -2.15. The van der Waals surface area contributed by atoms with Crippen LogP contribution in [0.5, 0.6) is 0 Å². The van der Waals surface area contributed by atoms with Crippen LogP contribution in [-0.2, 0) is 0 Å². The van der Waals surface area contributed by atoms with E-state index in [1.807, 2.05) is 0 Å². The van der Waals surface area contributed by atoms with Gasteiger partial charge >= 0.3 is 0 Å². The zero-order valence-corrected chi connectivity index (χ0v) is 12.8. The van der Waals surface area contributed by atoms with E-state index in [1.165, 1.54) is 12.8 Å².